The highest BCUT2D eigenvalue weighted by atomic mass is 32.1. The van der Waals surface area contributed by atoms with E-state index in [1.807, 2.05) is 12.1 Å². The van der Waals surface area contributed by atoms with Gasteiger partial charge in [0.25, 0.3) is 0 Å². The molecular weight excluding hydrogens is 889 g/mol. The molecule has 3 heterocycles. The molecule has 3 aromatic heterocycles. The second kappa shape index (κ2) is 19.4. The number of carboxylic acids is 1. The molecule has 69 heavy (non-hydrogen) atoms. The van der Waals surface area contributed by atoms with Crippen LogP contribution in [0.3, 0.4) is 0 Å². The van der Waals surface area contributed by atoms with Gasteiger partial charge < -0.3 is 10.0 Å². The van der Waals surface area contributed by atoms with Crippen LogP contribution >= 0.6 is 22.7 Å². The van der Waals surface area contributed by atoms with Gasteiger partial charge in [0.15, 0.2) is 5.52 Å². The maximum atomic E-state index is 11.5. The Labute approximate surface area is 413 Å². The number of rotatable bonds is 19. The normalized spacial score (nSPS) is 14.0. The third kappa shape index (κ3) is 8.02. The summed E-state index contributed by atoms with van der Waals surface area (Å²) in [7, 11) is 0. The van der Waals surface area contributed by atoms with Gasteiger partial charge in [-0.15, -0.1) is 22.7 Å². The van der Waals surface area contributed by atoms with Crippen molar-refractivity contribution in [3.63, 3.8) is 0 Å². The van der Waals surface area contributed by atoms with Crippen LogP contribution < -0.4 is 4.90 Å². The summed E-state index contributed by atoms with van der Waals surface area (Å²) in [5.41, 5.74) is 16.0. The topological polar surface area (TPSA) is 103 Å². The minimum atomic E-state index is -1.24. The number of hydrogen-bond donors (Lipinski definition) is 1. The number of fused-ring (bicyclic) bond motifs is 7. The third-order valence-corrected chi connectivity index (χ3v) is 17.2. The van der Waals surface area contributed by atoms with Gasteiger partial charge in [-0.3, -0.25) is 0 Å². The Morgan fingerprint density at radius 2 is 1.07 bits per heavy atom. The lowest BCUT2D eigenvalue weighted by Gasteiger charge is -2.35. The Balaban J connectivity index is 1.15. The molecule has 5 aromatic carbocycles. The highest BCUT2D eigenvalue weighted by molar-refractivity contribution is 7.24. The standard InChI is InChI=1S/C60H58N4O3S2/c1-5-9-31-59(32-10-6-2)48-19-15-13-17-43(48)45-24-21-40(36-50(45)59)64(41-22-25-46-44-18-14-16-20-49(44)60(33-11-7-3,34-12-8-4)51(46)37-41)52-27-26-47(56-57(52)63-67-62-56)53-29-30-55(69-53)54-28-23-42(68-54)35-39(38-61)58(65)66/h13-30,35-37H,5-12,31-34H2,1-4H3,(H,65,66)/b39-35+. The largest absolute Gasteiger partial charge is 0.477 e. The predicted octanol–water partition coefficient (Wildman–Crippen LogP) is 17.4. The van der Waals surface area contributed by atoms with Crippen LogP contribution in [0.4, 0.5) is 17.1 Å². The summed E-state index contributed by atoms with van der Waals surface area (Å²) in [4.78, 5) is 17.7. The minimum absolute atomic E-state index is 0.0892. The number of carbonyl (C=O) groups is 1. The second-order valence-corrected chi connectivity index (χ2v) is 21.1. The van der Waals surface area contributed by atoms with Crippen LogP contribution in [-0.2, 0) is 15.6 Å². The predicted molar refractivity (Wildman–Crippen MR) is 285 cm³/mol. The highest BCUT2D eigenvalue weighted by Gasteiger charge is 2.44. The van der Waals surface area contributed by atoms with Crippen molar-refractivity contribution in [3.8, 4) is 48.5 Å². The zero-order chi connectivity index (χ0) is 47.7. The molecule has 10 rings (SSSR count). The van der Waals surface area contributed by atoms with Gasteiger partial charge >= 0.3 is 5.97 Å². The molecule has 1 N–H and O–H groups in total. The maximum Gasteiger partial charge on any atom is 0.346 e. The van der Waals surface area contributed by atoms with Crippen molar-refractivity contribution in [2.75, 3.05) is 4.90 Å². The van der Waals surface area contributed by atoms with Crippen molar-refractivity contribution in [1.29, 1.82) is 5.26 Å². The van der Waals surface area contributed by atoms with Crippen molar-refractivity contribution < 1.29 is 14.5 Å². The van der Waals surface area contributed by atoms with Crippen molar-refractivity contribution in [1.82, 2.24) is 10.3 Å². The van der Waals surface area contributed by atoms with E-state index in [4.69, 9.17) is 9.79 Å². The number of anilines is 3. The van der Waals surface area contributed by atoms with Crippen LogP contribution in [-0.4, -0.2) is 21.4 Å². The Morgan fingerprint density at radius 1 is 0.594 bits per heavy atom. The summed E-state index contributed by atoms with van der Waals surface area (Å²) in [6.45, 7) is 9.24. The number of thiophene rings is 2. The molecule has 0 fully saturated rings. The van der Waals surface area contributed by atoms with Gasteiger partial charge in [0.2, 0.25) is 0 Å². The molecular formula is C60H58N4O3S2. The van der Waals surface area contributed by atoms with E-state index >= 15 is 0 Å². The smallest absolute Gasteiger partial charge is 0.346 e. The van der Waals surface area contributed by atoms with Crippen LogP contribution in [0.5, 0.6) is 0 Å². The molecule has 0 radical (unpaired) electrons. The summed E-state index contributed by atoms with van der Waals surface area (Å²) < 4.78 is 5.73. The lowest BCUT2D eigenvalue weighted by atomic mass is 9.70. The third-order valence-electron chi connectivity index (χ3n) is 14.9. The first-order valence-corrected chi connectivity index (χ1v) is 26.5. The number of carboxylic acid groups (broad SMARTS) is 1. The molecule has 0 spiro atoms. The van der Waals surface area contributed by atoms with Gasteiger partial charge in [0.05, 0.1) is 5.69 Å². The molecule has 0 saturated carbocycles. The lowest BCUT2D eigenvalue weighted by molar-refractivity contribution is -0.132. The van der Waals surface area contributed by atoms with Gasteiger partial charge in [-0.2, -0.15) is 5.26 Å². The number of aromatic nitrogens is 2. The van der Waals surface area contributed by atoms with Crippen LogP contribution in [0, 0.1) is 11.3 Å². The molecule has 0 atom stereocenters. The monoisotopic (exact) mass is 946 g/mol. The molecule has 0 unspecified atom stereocenters. The summed E-state index contributed by atoms with van der Waals surface area (Å²) in [6.07, 6.45) is 15.0. The first kappa shape index (κ1) is 46.1. The molecule has 0 aliphatic heterocycles. The van der Waals surface area contributed by atoms with Crippen LogP contribution in [0.25, 0.3) is 59.6 Å². The molecule has 0 amide bonds. The zero-order valence-electron chi connectivity index (χ0n) is 40.0. The Kier molecular flexibility index (Phi) is 13.0. The van der Waals surface area contributed by atoms with E-state index in [1.54, 1.807) is 17.4 Å². The van der Waals surface area contributed by atoms with Gasteiger partial charge in [0, 0.05) is 47.3 Å². The maximum absolute atomic E-state index is 11.5. The van der Waals surface area contributed by atoms with E-state index in [0.717, 1.165) is 114 Å². The highest BCUT2D eigenvalue weighted by Crippen LogP contribution is 2.58. The molecule has 2 aliphatic rings. The summed E-state index contributed by atoms with van der Waals surface area (Å²) in [5, 5.41) is 28.1. The zero-order valence-corrected chi connectivity index (χ0v) is 41.6. The number of nitrogens with zero attached hydrogens (tertiary/aromatic N) is 4. The van der Waals surface area contributed by atoms with Crippen LogP contribution in [0.15, 0.2) is 132 Å². The van der Waals surface area contributed by atoms with Crippen LogP contribution in [0.2, 0.25) is 0 Å². The molecule has 2 aliphatic carbocycles. The van der Waals surface area contributed by atoms with E-state index < -0.39 is 5.97 Å². The van der Waals surface area contributed by atoms with Gasteiger partial charge in [0.1, 0.15) is 17.2 Å². The molecule has 0 saturated heterocycles. The quantitative estimate of drug-likeness (QED) is 0.0636. The number of benzene rings is 5. The van der Waals surface area contributed by atoms with Gasteiger partial charge in [-0.05, 0) is 147 Å². The van der Waals surface area contributed by atoms with Gasteiger partial charge in [-0.25, -0.2) is 9.42 Å². The molecule has 0 bridgehead atoms. The fraction of sp³-hybridized carbons (Fsp3) is 0.300. The Hall–Kier alpha value is -6.60. The van der Waals surface area contributed by atoms with E-state index in [0.29, 0.717) is 15.9 Å². The van der Waals surface area contributed by atoms with E-state index in [-0.39, 0.29) is 16.4 Å². The summed E-state index contributed by atoms with van der Waals surface area (Å²) >= 11 is 3.09. The van der Waals surface area contributed by atoms with Crippen molar-refractivity contribution in [3.05, 3.63) is 154 Å². The fourth-order valence-corrected chi connectivity index (χ4v) is 13.6. The summed E-state index contributed by atoms with van der Waals surface area (Å²) in [6, 6.07) is 46.8. The van der Waals surface area contributed by atoms with E-state index in [1.165, 1.54) is 61.9 Å². The van der Waals surface area contributed by atoms with E-state index in [2.05, 4.69) is 147 Å². The average molecular weight is 947 g/mol. The average Bonchev–Trinajstić information content (AvgIpc) is 4.24. The van der Waals surface area contributed by atoms with Crippen molar-refractivity contribution in [2.45, 2.75) is 116 Å². The van der Waals surface area contributed by atoms with E-state index in [9.17, 15) is 15.2 Å². The minimum Gasteiger partial charge on any atom is -0.477 e. The first-order valence-electron chi connectivity index (χ1n) is 24.9. The number of nitriles is 1. The lowest BCUT2D eigenvalue weighted by Crippen LogP contribution is -2.26. The molecule has 8 aromatic rings. The Bertz CT molecular complexity index is 3140. The number of unbranched alkanes of at least 4 members (excludes halogenated alkanes) is 4. The van der Waals surface area contributed by atoms with Gasteiger partial charge in [-0.1, -0.05) is 140 Å². The summed E-state index contributed by atoms with van der Waals surface area (Å²) in [5.74, 6) is -1.24. The second-order valence-electron chi connectivity index (χ2n) is 18.9. The first-order chi connectivity index (χ1) is 33.8. The SMILES string of the molecule is CCCCC1(CCCC)c2ccccc2-c2ccc(N(c3ccc4c(c3)C(CCCC)(CCCC)c3ccccc3-4)c3ccc(-c4ccc(-c5ccc(/C=C(\C#N)C(=O)O)s5)s4)c4nonc34)cc21. The van der Waals surface area contributed by atoms with Crippen molar-refractivity contribution in [2.24, 2.45) is 0 Å². The number of hydrogen-bond acceptors (Lipinski definition) is 8. The molecule has 7 nitrogen and oxygen atoms in total. The van der Waals surface area contributed by atoms with Crippen molar-refractivity contribution >= 4 is 62.8 Å². The molecule has 348 valence electrons. The fourth-order valence-electron chi connectivity index (χ4n) is 11.5. The van der Waals surface area contributed by atoms with Crippen LogP contribution in [0.1, 0.15) is 132 Å². The molecule has 9 heteroatoms. The Morgan fingerprint density at radius 3 is 1.61 bits per heavy atom. The number of aliphatic carboxylic acids is 1.